The standard InChI is InChI=1S/C13H18N3O5P/c14-9-4-5-10-11(8-9)13(18)16(12(10)17)6-2-1-3-7-21-22(15,19)20/h4-5,8H,1-3,6-7,14H2,(H3,15,19,20). The molecule has 22 heavy (non-hydrogen) atoms. The number of nitrogen functional groups attached to an aromatic ring is 1. The third-order valence-electron chi connectivity index (χ3n) is 3.30. The van der Waals surface area contributed by atoms with Crippen molar-refractivity contribution in [3.05, 3.63) is 29.3 Å². The fourth-order valence-corrected chi connectivity index (χ4v) is 2.65. The van der Waals surface area contributed by atoms with Gasteiger partial charge in [0, 0.05) is 12.2 Å². The summed E-state index contributed by atoms with van der Waals surface area (Å²) in [6.07, 6.45) is 1.72. The van der Waals surface area contributed by atoms with Crippen LogP contribution in [0.15, 0.2) is 18.2 Å². The number of imide groups is 1. The molecule has 1 aromatic carbocycles. The fraction of sp³-hybridized carbons (Fsp3) is 0.385. The van der Waals surface area contributed by atoms with Crippen LogP contribution in [0.2, 0.25) is 0 Å². The van der Waals surface area contributed by atoms with Crippen molar-refractivity contribution in [2.75, 3.05) is 18.9 Å². The lowest BCUT2D eigenvalue weighted by Gasteiger charge is -2.13. The number of carbonyl (C=O) groups excluding carboxylic acids is 2. The Balaban J connectivity index is 1.82. The Kier molecular flexibility index (Phi) is 4.97. The van der Waals surface area contributed by atoms with Gasteiger partial charge in [-0.15, -0.1) is 0 Å². The first-order valence-corrected chi connectivity index (χ1v) is 8.46. The highest BCUT2D eigenvalue weighted by molar-refractivity contribution is 7.50. The Morgan fingerprint density at radius 2 is 1.82 bits per heavy atom. The molecule has 2 amide bonds. The SMILES string of the molecule is Nc1ccc2c(c1)C(=O)N(CCCCCOP(N)(=O)O)C2=O. The van der Waals surface area contributed by atoms with E-state index in [0.29, 0.717) is 36.1 Å². The number of nitrogens with two attached hydrogens (primary N) is 2. The molecule has 0 spiro atoms. The number of anilines is 1. The minimum Gasteiger partial charge on any atom is -0.399 e. The topological polar surface area (TPSA) is 136 Å². The molecule has 9 heteroatoms. The molecule has 5 N–H and O–H groups in total. The molecule has 0 aromatic heterocycles. The van der Waals surface area contributed by atoms with Crippen LogP contribution in [0.25, 0.3) is 0 Å². The second kappa shape index (κ2) is 6.58. The molecule has 120 valence electrons. The molecule has 0 aliphatic carbocycles. The fourth-order valence-electron chi connectivity index (χ4n) is 2.26. The monoisotopic (exact) mass is 327 g/mol. The lowest BCUT2D eigenvalue weighted by atomic mass is 10.1. The van der Waals surface area contributed by atoms with Crippen LogP contribution in [-0.4, -0.2) is 34.8 Å². The first-order chi connectivity index (χ1) is 10.3. The predicted molar refractivity (Wildman–Crippen MR) is 80.0 cm³/mol. The molecule has 0 bridgehead atoms. The zero-order chi connectivity index (χ0) is 16.3. The minimum absolute atomic E-state index is 0.0585. The molecule has 8 nitrogen and oxygen atoms in total. The number of nitrogens with zero attached hydrogens (tertiary/aromatic N) is 1. The van der Waals surface area contributed by atoms with Crippen molar-refractivity contribution < 1.29 is 23.6 Å². The Morgan fingerprint density at radius 3 is 2.50 bits per heavy atom. The minimum atomic E-state index is -3.93. The zero-order valence-electron chi connectivity index (χ0n) is 11.9. The van der Waals surface area contributed by atoms with Crippen molar-refractivity contribution in [1.29, 1.82) is 0 Å². The van der Waals surface area contributed by atoms with E-state index in [0.717, 1.165) is 0 Å². The van der Waals surface area contributed by atoms with E-state index in [2.05, 4.69) is 4.52 Å². The van der Waals surface area contributed by atoms with Crippen LogP contribution >= 0.6 is 7.75 Å². The molecule has 1 aliphatic rings. The molecule has 2 rings (SSSR count). The van der Waals surface area contributed by atoms with Gasteiger partial charge in [-0.1, -0.05) is 0 Å². The number of fused-ring (bicyclic) bond motifs is 1. The number of rotatable bonds is 7. The van der Waals surface area contributed by atoms with Crippen molar-refractivity contribution in [1.82, 2.24) is 4.90 Å². The van der Waals surface area contributed by atoms with Crippen molar-refractivity contribution in [3.8, 4) is 0 Å². The van der Waals surface area contributed by atoms with E-state index < -0.39 is 7.75 Å². The maximum Gasteiger partial charge on any atom is 0.400 e. The molecule has 0 saturated carbocycles. The number of benzene rings is 1. The largest absolute Gasteiger partial charge is 0.400 e. The molecule has 1 aliphatic heterocycles. The summed E-state index contributed by atoms with van der Waals surface area (Å²) < 4.78 is 15.2. The molecular weight excluding hydrogens is 309 g/mol. The summed E-state index contributed by atoms with van der Waals surface area (Å²) in [7, 11) is -3.93. The number of carbonyl (C=O) groups is 2. The van der Waals surface area contributed by atoms with Crippen LogP contribution in [0.5, 0.6) is 0 Å². The van der Waals surface area contributed by atoms with Crippen molar-refractivity contribution in [2.24, 2.45) is 5.50 Å². The van der Waals surface area contributed by atoms with Gasteiger partial charge in [0.15, 0.2) is 0 Å². The second-order valence-corrected chi connectivity index (χ2v) is 6.41. The molecular formula is C13H18N3O5P. The lowest BCUT2D eigenvalue weighted by molar-refractivity contribution is 0.0651. The first-order valence-electron chi connectivity index (χ1n) is 6.81. The Bertz CT molecular complexity index is 643. The van der Waals surface area contributed by atoms with Gasteiger partial charge in [-0.3, -0.25) is 19.0 Å². The third-order valence-corrected chi connectivity index (χ3v) is 3.85. The summed E-state index contributed by atoms with van der Waals surface area (Å²) in [6.45, 7) is 0.342. The van der Waals surface area contributed by atoms with E-state index in [1.807, 2.05) is 0 Å². The Labute approximate surface area is 127 Å². The van der Waals surface area contributed by atoms with Gasteiger partial charge >= 0.3 is 7.75 Å². The third kappa shape index (κ3) is 3.92. The maximum absolute atomic E-state index is 12.1. The molecule has 0 fully saturated rings. The summed E-state index contributed by atoms with van der Waals surface area (Å²) in [5, 5.41) is 0. The molecule has 1 heterocycles. The van der Waals surface area contributed by atoms with Gasteiger partial charge in [-0.25, -0.2) is 10.1 Å². The van der Waals surface area contributed by atoms with Crippen LogP contribution in [0.3, 0.4) is 0 Å². The summed E-state index contributed by atoms with van der Waals surface area (Å²) in [5.41, 5.74) is 11.6. The van der Waals surface area contributed by atoms with Crippen molar-refractivity contribution in [2.45, 2.75) is 19.3 Å². The zero-order valence-corrected chi connectivity index (χ0v) is 12.8. The number of hydrogen-bond donors (Lipinski definition) is 3. The molecule has 0 saturated heterocycles. The van der Waals surface area contributed by atoms with Crippen molar-refractivity contribution >= 4 is 25.2 Å². The lowest BCUT2D eigenvalue weighted by Crippen LogP contribution is -2.30. The molecule has 1 aromatic rings. The smallest absolute Gasteiger partial charge is 0.399 e. The Hall–Kier alpha value is -1.73. The summed E-state index contributed by atoms with van der Waals surface area (Å²) in [5.74, 6) is -0.663. The highest BCUT2D eigenvalue weighted by Crippen LogP contribution is 2.31. The average Bonchev–Trinajstić information content (AvgIpc) is 2.65. The van der Waals surface area contributed by atoms with Crippen LogP contribution < -0.4 is 11.2 Å². The number of amides is 2. The highest BCUT2D eigenvalue weighted by Gasteiger charge is 2.34. The van der Waals surface area contributed by atoms with Gasteiger partial charge in [0.25, 0.3) is 11.8 Å². The summed E-state index contributed by atoms with van der Waals surface area (Å²) >= 11 is 0. The number of unbranched alkanes of at least 4 members (excludes halogenated alkanes) is 2. The first kappa shape index (κ1) is 16.6. The quantitative estimate of drug-likeness (QED) is 0.295. The summed E-state index contributed by atoms with van der Waals surface area (Å²) in [6, 6.07) is 4.65. The van der Waals surface area contributed by atoms with E-state index in [4.69, 9.17) is 16.1 Å². The van der Waals surface area contributed by atoms with E-state index >= 15 is 0 Å². The van der Waals surface area contributed by atoms with Gasteiger partial charge < -0.3 is 10.6 Å². The normalized spacial score (nSPS) is 16.7. The maximum atomic E-state index is 12.1. The summed E-state index contributed by atoms with van der Waals surface area (Å²) in [4.78, 5) is 34.2. The van der Waals surface area contributed by atoms with Crippen LogP contribution in [0.4, 0.5) is 5.69 Å². The van der Waals surface area contributed by atoms with Gasteiger partial charge in [0.05, 0.1) is 17.7 Å². The number of hydrogen-bond acceptors (Lipinski definition) is 5. The van der Waals surface area contributed by atoms with E-state index in [1.165, 1.54) is 11.0 Å². The van der Waals surface area contributed by atoms with Crippen LogP contribution in [0.1, 0.15) is 40.0 Å². The van der Waals surface area contributed by atoms with Gasteiger partial charge in [0.2, 0.25) is 0 Å². The van der Waals surface area contributed by atoms with E-state index in [9.17, 15) is 14.2 Å². The van der Waals surface area contributed by atoms with Crippen LogP contribution in [0, 0.1) is 0 Å². The van der Waals surface area contributed by atoms with Gasteiger partial charge in [-0.05, 0) is 37.5 Å². The molecule has 0 radical (unpaired) electrons. The van der Waals surface area contributed by atoms with E-state index in [-0.39, 0.29) is 25.0 Å². The van der Waals surface area contributed by atoms with Gasteiger partial charge in [0.1, 0.15) is 0 Å². The van der Waals surface area contributed by atoms with Crippen molar-refractivity contribution in [3.63, 3.8) is 0 Å². The second-order valence-electron chi connectivity index (χ2n) is 5.02. The molecule has 1 atom stereocenters. The van der Waals surface area contributed by atoms with E-state index in [1.54, 1.807) is 12.1 Å². The average molecular weight is 327 g/mol. The Morgan fingerprint density at radius 1 is 1.14 bits per heavy atom. The molecule has 1 unspecified atom stereocenters. The van der Waals surface area contributed by atoms with Crippen LogP contribution in [-0.2, 0) is 9.09 Å². The highest BCUT2D eigenvalue weighted by atomic mass is 31.2. The van der Waals surface area contributed by atoms with Gasteiger partial charge in [-0.2, -0.15) is 0 Å². The predicted octanol–water partition coefficient (Wildman–Crippen LogP) is 1.11.